The first-order chi connectivity index (χ1) is 12.3. The normalized spacial score (nSPS) is 14.4. The zero-order valence-corrected chi connectivity index (χ0v) is 14.1. The van der Waals surface area contributed by atoms with Gasteiger partial charge in [-0.1, -0.05) is 12.1 Å². The summed E-state index contributed by atoms with van der Waals surface area (Å²) in [4.78, 5) is 21.0. The number of fused-ring (bicyclic) bond motifs is 1. The van der Waals surface area contributed by atoms with E-state index in [9.17, 15) is 4.79 Å². The molecule has 5 nitrogen and oxygen atoms in total. The minimum atomic E-state index is -0.332. The molecule has 25 heavy (non-hydrogen) atoms. The van der Waals surface area contributed by atoms with Gasteiger partial charge in [-0.25, -0.2) is 14.8 Å². The molecule has 0 atom stereocenters. The quantitative estimate of drug-likeness (QED) is 0.675. The number of hydrogen-bond donors (Lipinski definition) is 0. The van der Waals surface area contributed by atoms with E-state index in [1.165, 1.54) is 25.5 Å². The third-order valence-electron chi connectivity index (χ3n) is 4.62. The van der Waals surface area contributed by atoms with Crippen LogP contribution in [0.15, 0.2) is 48.8 Å². The number of methoxy groups -OCH3 is 1. The van der Waals surface area contributed by atoms with Crippen LogP contribution in [-0.2, 0) is 4.74 Å². The fourth-order valence-electron chi connectivity index (χ4n) is 3.45. The van der Waals surface area contributed by atoms with Crippen molar-refractivity contribution in [2.24, 2.45) is 0 Å². The van der Waals surface area contributed by atoms with Gasteiger partial charge in [-0.2, -0.15) is 0 Å². The second kappa shape index (κ2) is 6.51. The summed E-state index contributed by atoms with van der Waals surface area (Å²) in [6.07, 6.45) is 10.3. The van der Waals surface area contributed by atoms with E-state index in [2.05, 4.69) is 22.1 Å². The first-order valence-electron chi connectivity index (χ1n) is 8.49. The molecule has 0 radical (unpaired) electrons. The van der Waals surface area contributed by atoms with Crippen molar-refractivity contribution >= 4 is 22.4 Å². The van der Waals surface area contributed by atoms with Gasteiger partial charge in [0.05, 0.1) is 23.9 Å². The van der Waals surface area contributed by atoms with E-state index < -0.39 is 0 Å². The van der Waals surface area contributed by atoms with Gasteiger partial charge in [-0.15, -0.1) is 0 Å². The molecule has 0 N–H and O–H groups in total. The van der Waals surface area contributed by atoms with E-state index in [1.54, 1.807) is 24.5 Å². The molecule has 0 aliphatic heterocycles. The van der Waals surface area contributed by atoms with Crippen LogP contribution in [0.2, 0.25) is 0 Å². The third kappa shape index (κ3) is 2.71. The summed E-state index contributed by atoms with van der Waals surface area (Å²) < 4.78 is 6.99. The molecule has 0 unspecified atom stereocenters. The van der Waals surface area contributed by atoms with Crippen molar-refractivity contribution in [3.63, 3.8) is 0 Å². The van der Waals surface area contributed by atoms with E-state index in [1.807, 2.05) is 16.7 Å². The molecule has 4 rings (SSSR count). The van der Waals surface area contributed by atoms with Gasteiger partial charge >= 0.3 is 5.97 Å². The van der Waals surface area contributed by atoms with Crippen molar-refractivity contribution in [1.82, 2.24) is 14.5 Å². The molecule has 5 heteroatoms. The third-order valence-corrected chi connectivity index (χ3v) is 4.62. The van der Waals surface area contributed by atoms with Crippen LogP contribution in [0.4, 0.5) is 0 Å². The van der Waals surface area contributed by atoms with Crippen LogP contribution < -0.4 is 0 Å². The molecule has 0 amide bonds. The SMILES string of the molecule is COC(=O)c1cccc2c1cc(C1=CCCCC1)n2-c1ncccn1. The molecule has 126 valence electrons. The summed E-state index contributed by atoms with van der Waals surface area (Å²) in [6.45, 7) is 0. The van der Waals surface area contributed by atoms with E-state index in [0.29, 0.717) is 11.5 Å². The first-order valence-corrected chi connectivity index (χ1v) is 8.49. The highest BCUT2D eigenvalue weighted by molar-refractivity contribution is 6.05. The predicted molar refractivity (Wildman–Crippen MR) is 96.6 cm³/mol. The average Bonchev–Trinajstić information content (AvgIpc) is 3.08. The summed E-state index contributed by atoms with van der Waals surface area (Å²) in [5.41, 5.74) is 3.81. The summed E-state index contributed by atoms with van der Waals surface area (Å²) in [6, 6.07) is 9.52. The lowest BCUT2D eigenvalue weighted by Gasteiger charge is -2.15. The van der Waals surface area contributed by atoms with Crippen LogP contribution in [0.25, 0.3) is 22.4 Å². The maximum absolute atomic E-state index is 12.2. The number of rotatable bonds is 3. The predicted octanol–water partition coefficient (Wildman–Crippen LogP) is 4.16. The van der Waals surface area contributed by atoms with Crippen molar-refractivity contribution in [3.05, 3.63) is 60.1 Å². The molecule has 2 heterocycles. The smallest absolute Gasteiger partial charge is 0.338 e. The highest BCUT2D eigenvalue weighted by Gasteiger charge is 2.20. The number of carbonyl (C=O) groups excluding carboxylic acids is 1. The Kier molecular flexibility index (Phi) is 4.06. The maximum Gasteiger partial charge on any atom is 0.338 e. The summed E-state index contributed by atoms with van der Waals surface area (Å²) in [5.74, 6) is 0.280. The van der Waals surface area contributed by atoms with Gasteiger partial charge in [0.1, 0.15) is 0 Å². The highest BCUT2D eigenvalue weighted by atomic mass is 16.5. The Hall–Kier alpha value is -2.95. The summed E-state index contributed by atoms with van der Waals surface area (Å²) in [5, 5.41) is 0.864. The first kappa shape index (κ1) is 15.6. The number of carbonyl (C=O) groups is 1. The van der Waals surface area contributed by atoms with Gasteiger partial charge in [0.15, 0.2) is 0 Å². The number of ether oxygens (including phenoxy) is 1. The van der Waals surface area contributed by atoms with Crippen LogP contribution >= 0.6 is 0 Å². The van der Waals surface area contributed by atoms with Gasteiger partial charge in [0.2, 0.25) is 5.95 Å². The van der Waals surface area contributed by atoms with E-state index in [0.717, 1.165) is 29.4 Å². The molecule has 0 saturated carbocycles. The Morgan fingerprint density at radius 1 is 1.16 bits per heavy atom. The summed E-state index contributed by atoms with van der Waals surface area (Å²) >= 11 is 0. The number of nitrogens with zero attached hydrogens (tertiary/aromatic N) is 3. The number of hydrogen-bond acceptors (Lipinski definition) is 4. The van der Waals surface area contributed by atoms with Crippen molar-refractivity contribution < 1.29 is 9.53 Å². The molecule has 3 aromatic rings. The van der Waals surface area contributed by atoms with Crippen LogP contribution in [-0.4, -0.2) is 27.6 Å². The van der Waals surface area contributed by atoms with Crippen LogP contribution in [0.1, 0.15) is 41.7 Å². The zero-order valence-electron chi connectivity index (χ0n) is 14.1. The standard InChI is InChI=1S/C20H19N3O2/c1-25-19(24)15-9-5-10-17-16(15)13-18(14-7-3-2-4-8-14)23(17)20-21-11-6-12-22-20/h5-7,9-13H,2-4,8H2,1H3. The lowest BCUT2D eigenvalue weighted by atomic mass is 9.97. The van der Waals surface area contributed by atoms with Crippen molar-refractivity contribution in [2.75, 3.05) is 7.11 Å². The van der Waals surface area contributed by atoms with Gasteiger partial charge in [-0.05, 0) is 55.5 Å². The molecule has 0 fully saturated rings. The molecular weight excluding hydrogens is 314 g/mol. The molecule has 2 aromatic heterocycles. The zero-order chi connectivity index (χ0) is 17.2. The van der Waals surface area contributed by atoms with Crippen molar-refractivity contribution in [1.29, 1.82) is 0 Å². The van der Waals surface area contributed by atoms with Crippen molar-refractivity contribution in [3.8, 4) is 5.95 Å². The molecule has 0 bridgehead atoms. The lowest BCUT2D eigenvalue weighted by Crippen LogP contribution is -2.05. The van der Waals surface area contributed by atoms with Crippen LogP contribution in [0.5, 0.6) is 0 Å². The largest absolute Gasteiger partial charge is 0.465 e. The number of aromatic nitrogens is 3. The van der Waals surface area contributed by atoms with Gasteiger partial charge in [0, 0.05) is 17.8 Å². The lowest BCUT2D eigenvalue weighted by molar-refractivity contribution is 0.0603. The molecule has 1 aromatic carbocycles. The fourth-order valence-corrected chi connectivity index (χ4v) is 3.45. The molecule has 0 spiro atoms. The fraction of sp³-hybridized carbons (Fsp3) is 0.250. The minimum Gasteiger partial charge on any atom is -0.465 e. The topological polar surface area (TPSA) is 57.0 Å². The van der Waals surface area contributed by atoms with Gasteiger partial charge in [-0.3, -0.25) is 4.57 Å². The Bertz CT molecular complexity index is 958. The Morgan fingerprint density at radius 3 is 2.72 bits per heavy atom. The molecule has 1 aliphatic rings. The molecule has 0 saturated heterocycles. The Balaban J connectivity index is 2.02. The minimum absolute atomic E-state index is 0.332. The average molecular weight is 333 g/mol. The van der Waals surface area contributed by atoms with Crippen LogP contribution in [0.3, 0.4) is 0 Å². The Labute approximate surface area is 146 Å². The van der Waals surface area contributed by atoms with Crippen LogP contribution in [0, 0.1) is 0 Å². The van der Waals surface area contributed by atoms with Gasteiger partial charge < -0.3 is 4.74 Å². The second-order valence-corrected chi connectivity index (χ2v) is 6.12. The summed E-state index contributed by atoms with van der Waals surface area (Å²) in [7, 11) is 1.41. The van der Waals surface area contributed by atoms with Gasteiger partial charge in [0.25, 0.3) is 0 Å². The number of allylic oxidation sites excluding steroid dienone is 2. The van der Waals surface area contributed by atoms with E-state index >= 15 is 0 Å². The van der Waals surface area contributed by atoms with E-state index in [-0.39, 0.29) is 5.97 Å². The Morgan fingerprint density at radius 2 is 2.00 bits per heavy atom. The number of esters is 1. The monoisotopic (exact) mass is 333 g/mol. The maximum atomic E-state index is 12.2. The molecular formula is C20H19N3O2. The second-order valence-electron chi connectivity index (χ2n) is 6.12. The highest BCUT2D eigenvalue weighted by Crippen LogP contribution is 2.34. The number of benzene rings is 1. The van der Waals surface area contributed by atoms with Crippen molar-refractivity contribution in [2.45, 2.75) is 25.7 Å². The van der Waals surface area contributed by atoms with E-state index in [4.69, 9.17) is 4.74 Å². The molecule has 1 aliphatic carbocycles.